The number of unbranched alkanes of at least 4 members (excludes halogenated alkanes) is 1. The van der Waals surface area contributed by atoms with Crippen LogP contribution in [0, 0.1) is 6.92 Å². The molecule has 2 N–H and O–H groups in total. The fourth-order valence-corrected chi connectivity index (χ4v) is 2.68. The van der Waals surface area contributed by atoms with Crippen LogP contribution >= 0.6 is 11.3 Å². The number of ether oxygens (including phenoxy) is 1. The van der Waals surface area contributed by atoms with Gasteiger partial charge in [-0.05, 0) is 33.1 Å². The molecule has 0 aliphatic heterocycles. The molecule has 0 aromatic carbocycles. The number of aryl methyl sites for hydroxylation is 2. The maximum atomic E-state index is 5.31. The number of nitrogens with one attached hydrogen (secondary N) is 2. The van der Waals surface area contributed by atoms with Gasteiger partial charge < -0.3 is 15.4 Å². The topological polar surface area (TPSA) is 58.5 Å². The summed E-state index contributed by atoms with van der Waals surface area (Å²) in [4.78, 5) is 8.69. The summed E-state index contributed by atoms with van der Waals surface area (Å²) < 4.78 is 5.31. The lowest BCUT2D eigenvalue weighted by Crippen LogP contribution is -2.38. The molecule has 1 heterocycles. The van der Waals surface area contributed by atoms with Crippen LogP contribution in [-0.4, -0.2) is 44.3 Å². The molecule has 1 aromatic heterocycles. The highest BCUT2D eigenvalue weighted by molar-refractivity contribution is 7.09. The Bertz CT molecular complexity index is 406. The summed E-state index contributed by atoms with van der Waals surface area (Å²) >= 11 is 1.74. The Morgan fingerprint density at radius 3 is 2.67 bits per heavy atom. The quantitative estimate of drug-likeness (QED) is 0.396. The second-order valence-corrected chi connectivity index (χ2v) is 5.76. The van der Waals surface area contributed by atoms with E-state index in [-0.39, 0.29) is 0 Å². The van der Waals surface area contributed by atoms with Crippen LogP contribution in [0.1, 0.15) is 36.9 Å². The van der Waals surface area contributed by atoms with Crippen molar-refractivity contribution >= 4 is 17.3 Å². The fourth-order valence-electron chi connectivity index (χ4n) is 1.86. The van der Waals surface area contributed by atoms with Crippen LogP contribution < -0.4 is 10.6 Å². The lowest BCUT2D eigenvalue weighted by atomic mass is 10.3. The van der Waals surface area contributed by atoms with Gasteiger partial charge in [-0.25, -0.2) is 4.98 Å². The summed E-state index contributed by atoms with van der Waals surface area (Å²) in [5.41, 5.74) is 1.12. The van der Waals surface area contributed by atoms with E-state index in [1.807, 2.05) is 13.8 Å². The number of nitrogens with zero attached hydrogens (tertiary/aromatic N) is 2. The summed E-state index contributed by atoms with van der Waals surface area (Å²) in [6, 6.07) is 0. The predicted octanol–water partition coefficient (Wildman–Crippen LogP) is 2.37. The van der Waals surface area contributed by atoms with Crippen LogP contribution in [0.3, 0.4) is 0 Å². The van der Waals surface area contributed by atoms with Crippen molar-refractivity contribution in [2.45, 2.75) is 39.5 Å². The fraction of sp³-hybridized carbons (Fsp3) is 0.733. The molecule has 1 rings (SSSR count). The van der Waals surface area contributed by atoms with Crippen molar-refractivity contribution < 1.29 is 4.74 Å². The molecule has 0 spiro atoms. The molecule has 0 bridgehead atoms. The molecule has 120 valence electrons. The Morgan fingerprint density at radius 1 is 1.29 bits per heavy atom. The first-order chi connectivity index (χ1) is 10.3. The third-order valence-electron chi connectivity index (χ3n) is 2.96. The molecule has 0 aliphatic rings. The van der Waals surface area contributed by atoms with Crippen molar-refractivity contribution in [2.24, 2.45) is 4.99 Å². The lowest BCUT2D eigenvalue weighted by molar-refractivity contribution is 0.143. The van der Waals surface area contributed by atoms with Crippen molar-refractivity contribution in [1.82, 2.24) is 15.6 Å². The Morgan fingerprint density at radius 2 is 2.05 bits per heavy atom. The molecular formula is C15H28N4OS. The van der Waals surface area contributed by atoms with Gasteiger partial charge in [-0.2, -0.15) is 0 Å². The van der Waals surface area contributed by atoms with Gasteiger partial charge in [-0.1, -0.05) is 0 Å². The van der Waals surface area contributed by atoms with Crippen molar-refractivity contribution in [1.29, 1.82) is 0 Å². The summed E-state index contributed by atoms with van der Waals surface area (Å²) in [6.07, 6.45) is 4.27. The molecule has 21 heavy (non-hydrogen) atoms. The third-order valence-corrected chi connectivity index (χ3v) is 3.99. The standard InChI is InChI=1S/C15H28N4OS/c1-4-20-11-6-5-9-17-15(16-3)18-10-7-8-14-19-13(2)12-21-14/h12H,4-11H2,1-3H3,(H2,16,17,18). The third kappa shape index (κ3) is 8.67. The van der Waals surface area contributed by atoms with Crippen molar-refractivity contribution in [3.8, 4) is 0 Å². The van der Waals surface area contributed by atoms with Gasteiger partial charge in [0, 0.05) is 50.8 Å². The molecule has 5 nitrogen and oxygen atoms in total. The van der Waals surface area contributed by atoms with Gasteiger partial charge in [0.15, 0.2) is 5.96 Å². The van der Waals surface area contributed by atoms with E-state index in [0.717, 1.165) is 63.6 Å². The average molecular weight is 312 g/mol. The number of hydrogen-bond donors (Lipinski definition) is 2. The number of guanidine groups is 1. The molecule has 0 unspecified atom stereocenters. The minimum absolute atomic E-state index is 0.801. The van der Waals surface area contributed by atoms with E-state index in [0.29, 0.717) is 0 Å². The first-order valence-corrected chi connectivity index (χ1v) is 8.57. The van der Waals surface area contributed by atoms with E-state index in [1.54, 1.807) is 18.4 Å². The van der Waals surface area contributed by atoms with Crippen molar-refractivity contribution in [3.63, 3.8) is 0 Å². The average Bonchev–Trinajstić information content (AvgIpc) is 2.90. The number of rotatable bonds is 10. The van der Waals surface area contributed by atoms with Gasteiger partial charge in [0.1, 0.15) is 0 Å². The number of thiazole rings is 1. The molecular weight excluding hydrogens is 284 g/mol. The van der Waals surface area contributed by atoms with Crippen molar-refractivity contribution in [3.05, 3.63) is 16.1 Å². The maximum absolute atomic E-state index is 5.31. The monoisotopic (exact) mass is 312 g/mol. The number of aliphatic imine (C=N–C) groups is 1. The molecule has 0 saturated heterocycles. The van der Waals surface area contributed by atoms with E-state index in [4.69, 9.17) is 4.74 Å². The van der Waals surface area contributed by atoms with E-state index in [9.17, 15) is 0 Å². The minimum atomic E-state index is 0.801. The van der Waals surface area contributed by atoms with Crippen LogP contribution in [0.15, 0.2) is 10.4 Å². The van der Waals surface area contributed by atoms with Crippen LogP contribution in [0.4, 0.5) is 0 Å². The minimum Gasteiger partial charge on any atom is -0.382 e. The maximum Gasteiger partial charge on any atom is 0.190 e. The second-order valence-electron chi connectivity index (χ2n) is 4.82. The van der Waals surface area contributed by atoms with Gasteiger partial charge in [0.05, 0.1) is 5.01 Å². The Kier molecular flexibility index (Phi) is 9.82. The van der Waals surface area contributed by atoms with Crippen molar-refractivity contribution in [2.75, 3.05) is 33.4 Å². The Balaban J connectivity index is 2.03. The van der Waals surface area contributed by atoms with Gasteiger partial charge in [-0.3, -0.25) is 4.99 Å². The van der Waals surface area contributed by atoms with Gasteiger partial charge >= 0.3 is 0 Å². The SMILES string of the molecule is CCOCCCCNC(=NC)NCCCc1nc(C)cs1. The molecule has 6 heteroatoms. The summed E-state index contributed by atoms with van der Waals surface area (Å²) in [5, 5.41) is 9.97. The normalized spacial score (nSPS) is 11.7. The molecule has 0 fully saturated rings. The zero-order chi connectivity index (χ0) is 15.3. The highest BCUT2D eigenvalue weighted by Crippen LogP contribution is 2.10. The second kappa shape index (κ2) is 11.5. The van der Waals surface area contributed by atoms with Crippen LogP contribution in [-0.2, 0) is 11.2 Å². The van der Waals surface area contributed by atoms with E-state index in [2.05, 4.69) is 26.0 Å². The van der Waals surface area contributed by atoms with Gasteiger partial charge in [-0.15, -0.1) is 11.3 Å². The molecule has 0 aliphatic carbocycles. The first kappa shape index (κ1) is 17.9. The predicted molar refractivity (Wildman–Crippen MR) is 90.3 cm³/mol. The zero-order valence-electron chi connectivity index (χ0n) is 13.4. The molecule has 0 radical (unpaired) electrons. The highest BCUT2D eigenvalue weighted by Gasteiger charge is 2.00. The molecule has 0 amide bonds. The molecule has 0 saturated carbocycles. The zero-order valence-corrected chi connectivity index (χ0v) is 14.3. The largest absolute Gasteiger partial charge is 0.382 e. The van der Waals surface area contributed by atoms with E-state index >= 15 is 0 Å². The van der Waals surface area contributed by atoms with Crippen LogP contribution in [0.2, 0.25) is 0 Å². The smallest absolute Gasteiger partial charge is 0.190 e. The number of hydrogen-bond acceptors (Lipinski definition) is 4. The van der Waals surface area contributed by atoms with E-state index in [1.165, 1.54) is 5.01 Å². The molecule has 0 atom stereocenters. The van der Waals surface area contributed by atoms with Crippen LogP contribution in [0.5, 0.6) is 0 Å². The Hall–Kier alpha value is -1.14. The first-order valence-electron chi connectivity index (χ1n) is 7.69. The number of aromatic nitrogens is 1. The van der Waals surface area contributed by atoms with Gasteiger partial charge in [0.25, 0.3) is 0 Å². The molecule has 1 aromatic rings. The summed E-state index contributed by atoms with van der Waals surface area (Å²) in [5.74, 6) is 0.877. The van der Waals surface area contributed by atoms with Crippen LogP contribution in [0.25, 0.3) is 0 Å². The highest BCUT2D eigenvalue weighted by atomic mass is 32.1. The summed E-state index contributed by atoms with van der Waals surface area (Å²) in [6.45, 7) is 7.55. The Labute approximate surface area is 132 Å². The lowest BCUT2D eigenvalue weighted by Gasteiger charge is -2.11. The summed E-state index contributed by atoms with van der Waals surface area (Å²) in [7, 11) is 1.81. The van der Waals surface area contributed by atoms with E-state index < -0.39 is 0 Å². The van der Waals surface area contributed by atoms with Gasteiger partial charge in [0.2, 0.25) is 0 Å².